The minimum atomic E-state index is -0.352. The molecule has 2 aliphatic rings. The average Bonchev–Trinajstić information content (AvgIpc) is 3.21. The molecule has 0 unspecified atom stereocenters. The molecule has 0 radical (unpaired) electrons. The van der Waals surface area contributed by atoms with Crippen molar-refractivity contribution in [3.05, 3.63) is 192 Å². The monoisotopic (exact) mass is 696 g/mol. The van der Waals surface area contributed by atoms with Crippen LogP contribution in [-0.2, 0) is 10.8 Å². The highest BCUT2D eigenvalue weighted by molar-refractivity contribution is 5.95. The van der Waals surface area contributed by atoms with Crippen molar-refractivity contribution in [3.8, 4) is 22.6 Å². The summed E-state index contributed by atoms with van der Waals surface area (Å²) in [5.74, 6) is 0.723. The maximum atomic E-state index is 5.26. The van der Waals surface area contributed by atoms with Crippen LogP contribution >= 0.6 is 0 Å². The molecule has 0 N–H and O–H groups in total. The van der Waals surface area contributed by atoms with Gasteiger partial charge in [0.15, 0.2) is 5.82 Å². The van der Waals surface area contributed by atoms with Gasteiger partial charge in [0.05, 0.1) is 34.0 Å². The largest absolute Gasteiger partial charge is 0.310 e. The molecule has 54 heavy (non-hydrogen) atoms. The van der Waals surface area contributed by atoms with E-state index in [0.29, 0.717) is 0 Å². The summed E-state index contributed by atoms with van der Waals surface area (Å²) in [6, 6.07) is 61.0. The van der Waals surface area contributed by atoms with Gasteiger partial charge in [0.25, 0.3) is 0 Å². The zero-order valence-electron chi connectivity index (χ0n) is 31.0. The Labute approximate surface area is 317 Å². The van der Waals surface area contributed by atoms with E-state index in [4.69, 9.17) is 9.97 Å². The standard InChI is InChI=1S/C50H40N4/c1-49(2)38-22-12-15-25-43(38)54(44-26-16-13-23-39(44)49)36-28-30-46-41(32-36)50(3,4)40-31-34(27-29-45(40)53(46)35-19-9-6-10-20-35)48-51-42-24-14-11-21-37(42)47(52-48)33-17-7-5-8-18-33/h5-32H,1-4H3. The zero-order valence-corrected chi connectivity index (χ0v) is 31.0. The van der Waals surface area contributed by atoms with E-state index >= 15 is 0 Å². The van der Waals surface area contributed by atoms with Gasteiger partial charge in [-0.05, 0) is 89.0 Å². The lowest BCUT2D eigenvalue weighted by atomic mass is 9.72. The molecule has 260 valence electrons. The summed E-state index contributed by atoms with van der Waals surface area (Å²) in [6.45, 7) is 9.40. The number of para-hydroxylation sites is 4. The van der Waals surface area contributed by atoms with Crippen molar-refractivity contribution < 1.29 is 0 Å². The van der Waals surface area contributed by atoms with Crippen molar-refractivity contribution in [3.63, 3.8) is 0 Å². The topological polar surface area (TPSA) is 32.3 Å². The lowest BCUT2D eigenvalue weighted by Gasteiger charge is -2.44. The van der Waals surface area contributed by atoms with E-state index in [0.717, 1.165) is 50.6 Å². The highest BCUT2D eigenvalue weighted by atomic mass is 15.2. The Morgan fingerprint density at radius 1 is 0.389 bits per heavy atom. The van der Waals surface area contributed by atoms with E-state index in [-0.39, 0.29) is 10.8 Å². The Morgan fingerprint density at radius 2 is 0.907 bits per heavy atom. The first-order valence-corrected chi connectivity index (χ1v) is 18.8. The molecular formula is C50H40N4. The second kappa shape index (κ2) is 12.0. The molecule has 0 amide bonds. The molecule has 0 atom stereocenters. The Kier molecular flexibility index (Phi) is 7.15. The van der Waals surface area contributed by atoms with Gasteiger partial charge in [0, 0.05) is 38.7 Å². The third kappa shape index (κ3) is 4.83. The number of hydrogen-bond acceptors (Lipinski definition) is 4. The van der Waals surface area contributed by atoms with Gasteiger partial charge < -0.3 is 9.80 Å². The van der Waals surface area contributed by atoms with Gasteiger partial charge in [-0.1, -0.05) is 131 Å². The Bertz CT molecular complexity index is 2680. The lowest BCUT2D eigenvalue weighted by molar-refractivity contribution is 0.628. The average molecular weight is 697 g/mol. The predicted molar refractivity (Wildman–Crippen MR) is 224 cm³/mol. The molecule has 0 bridgehead atoms. The zero-order chi connectivity index (χ0) is 36.6. The van der Waals surface area contributed by atoms with E-state index in [1.165, 1.54) is 39.3 Å². The summed E-state index contributed by atoms with van der Waals surface area (Å²) in [6.07, 6.45) is 0. The van der Waals surface area contributed by atoms with Gasteiger partial charge in [-0.25, -0.2) is 9.97 Å². The van der Waals surface area contributed by atoms with Crippen LogP contribution in [0, 0.1) is 0 Å². The van der Waals surface area contributed by atoms with E-state index in [2.05, 4.69) is 201 Å². The van der Waals surface area contributed by atoms with Crippen LogP contribution in [0.2, 0.25) is 0 Å². The van der Waals surface area contributed by atoms with Crippen LogP contribution in [0.3, 0.4) is 0 Å². The number of rotatable bonds is 4. The molecule has 7 aromatic carbocycles. The molecule has 0 spiro atoms. The molecule has 8 aromatic rings. The van der Waals surface area contributed by atoms with Crippen molar-refractivity contribution in [1.29, 1.82) is 0 Å². The normalized spacial score (nSPS) is 14.9. The molecule has 2 aliphatic heterocycles. The summed E-state index contributed by atoms with van der Waals surface area (Å²) in [5, 5.41) is 1.05. The number of aromatic nitrogens is 2. The van der Waals surface area contributed by atoms with Gasteiger partial charge in [-0.3, -0.25) is 0 Å². The van der Waals surface area contributed by atoms with Gasteiger partial charge in [0.2, 0.25) is 0 Å². The molecule has 4 heteroatoms. The highest BCUT2D eigenvalue weighted by Crippen LogP contribution is 2.56. The van der Waals surface area contributed by atoms with E-state index in [1.54, 1.807) is 0 Å². The second-order valence-corrected chi connectivity index (χ2v) is 15.5. The lowest BCUT2D eigenvalue weighted by Crippen LogP contribution is -2.32. The summed E-state index contributed by atoms with van der Waals surface area (Å²) in [7, 11) is 0. The van der Waals surface area contributed by atoms with Gasteiger partial charge in [0.1, 0.15) is 0 Å². The van der Waals surface area contributed by atoms with Crippen LogP contribution in [0.15, 0.2) is 170 Å². The minimum Gasteiger partial charge on any atom is -0.310 e. The van der Waals surface area contributed by atoms with Crippen molar-refractivity contribution >= 4 is 45.0 Å². The third-order valence-corrected chi connectivity index (χ3v) is 11.6. The molecule has 3 heterocycles. The third-order valence-electron chi connectivity index (χ3n) is 11.6. The Hall–Kier alpha value is -6.52. The van der Waals surface area contributed by atoms with Crippen LogP contribution in [0.5, 0.6) is 0 Å². The highest BCUT2D eigenvalue weighted by Gasteiger charge is 2.40. The molecule has 4 nitrogen and oxygen atoms in total. The number of nitrogens with zero attached hydrogens (tertiary/aromatic N) is 4. The van der Waals surface area contributed by atoms with Gasteiger partial charge in [-0.2, -0.15) is 0 Å². The van der Waals surface area contributed by atoms with Crippen molar-refractivity contribution in [2.45, 2.75) is 38.5 Å². The van der Waals surface area contributed by atoms with Crippen LogP contribution in [0.4, 0.5) is 34.1 Å². The molecule has 10 rings (SSSR count). The fourth-order valence-electron chi connectivity index (χ4n) is 8.83. The summed E-state index contributed by atoms with van der Waals surface area (Å²) in [4.78, 5) is 15.3. The molecule has 0 fully saturated rings. The first kappa shape index (κ1) is 32.2. The maximum absolute atomic E-state index is 5.26. The smallest absolute Gasteiger partial charge is 0.160 e. The van der Waals surface area contributed by atoms with Crippen LogP contribution in [-0.4, -0.2) is 9.97 Å². The number of hydrogen-bond donors (Lipinski definition) is 0. The predicted octanol–water partition coefficient (Wildman–Crippen LogP) is 13.2. The minimum absolute atomic E-state index is 0.123. The molecule has 0 saturated heterocycles. The van der Waals surface area contributed by atoms with Gasteiger partial charge >= 0.3 is 0 Å². The Morgan fingerprint density at radius 3 is 1.61 bits per heavy atom. The Balaban J connectivity index is 1.17. The quantitative estimate of drug-likeness (QED) is 0.183. The van der Waals surface area contributed by atoms with E-state index in [1.807, 2.05) is 6.07 Å². The first-order chi connectivity index (χ1) is 26.3. The summed E-state index contributed by atoms with van der Waals surface area (Å²) in [5.41, 5.74) is 15.7. The summed E-state index contributed by atoms with van der Waals surface area (Å²) >= 11 is 0. The van der Waals surface area contributed by atoms with Crippen LogP contribution in [0.25, 0.3) is 33.5 Å². The van der Waals surface area contributed by atoms with E-state index < -0.39 is 0 Å². The number of anilines is 6. The molecule has 1 aromatic heterocycles. The van der Waals surface area contributed by atoms with Crippen LogP contribution in [0.1, 0.15) is 49.9 Å². The number of benzene rings is 7. The van der Waals surface area contributed by atoms with Crippen molar-refractivity contribution in [1.82, 2.24) is 9.97 Å². The molecule has 0 saturated carbocycles. The van der Waals surface area contributed by atoms with Crippen molar-refractivity contribution in [2.24, 2.45) is 0 Å². The van der Waals surface area contributed by atoms with E-state index in [9.17, 15) is 0 Å². The molecular weight excluding hydrogens is 657 g/mol. The number of fused-ring (bicyclic) bond motifs is 5. The second-order valence-electron chi connectivity index (χ2n) is 15.5. The van der Waals surface area contributed by atoms with Gasteiger partial charge in [-0.15, -0.1) is 0 Å². The maximum Gasteiger partial charge on any atom is 0.160 e. The summed E-state index contributed by atoms with van der Waals surface area (Å²) < 4.78 is 0. The van der Waals surface area contributed by atoms with Crippen LogP contribution < -0.4 is 9.80 Å². The SMILES string of the molecule is CC1(C)c2ccccc2N(c2ccc3c(c2)C(C)(C)c2cc(-c4nc(-c5ccccc5)c5ccccc5n4)ccc2N3c2ccccc2)c2ccccc21. The molecule has 0 aliphatic carbocycles. The fraction of sp³-hybridized carbons (Fsp3) is 0.120. The van der Waals surface area contributed by atoms with Crippen molar-refractivity contribution in [2.75, 3.05) is 9.80 Å². The fourth-order valence-corrected chi connectivity index (χ4v) is 8.83. The first-order valence-electron chi connectivity index (χ1n) is 18.8.